The topological polar surface area (TPSA) is 62.3 Å². The van der Waals surface area contributed by atoms with Crippen LogP contribution in [-0.4, -0.2) is 23.8 Å². The molecule has 0 saturated carbocycles. The van der Waals surface area contributed by atoms with Crippen molar-refractivity contribution < 1.29 is 9.59 Å². The molecule has 0 unspecified atom stereocenters. The number of pyridine rings is 1. The highest BCUT2D eigenvalue weighted by atomic mass is 16.2. The van der Waals surface area contributed by atoms with Crippen molar-refractivity contribution in [3.05, 3.63) is 66.0 Å². The summed E-state index contributed by atoms with van der Waals surface area (Å²) in [7, 11) is 1.78. The van der Waals surface area contributed by atoms with Crippen LogP contribution >= 0.6 is 0 Å². The molecule has 2 aromatic carbocycles. The molecule has 25 heavy (non-hydrogen) atoms. The van der Waals surface area contributed by atoms with Crippen LogP contribution in [0.2, 0.25) is 0 Å². The van der Waals surface area contributed by atoms with Crippen LogP contribution < -0.4 is 10.2 Å². The molecule has 0 aliphatic carbocycles. The molecule has 2 heterocycles. The van der Waals surface area contributed by atoms with E-state index in [1.807, 2.05) is 42.5 Å². The van der Waals surface area contributed by atoms with Gasteiger partial charge in [-0.15, -0.1) is 0 Å². The standard InChI is InChI=1S/C20H17N3O2/c1-23-18-8-7-15(10-13(18)6-9-19(23)24)22-20(25)17-12-21-11-14-4-2-3-5-16(14)17/h2-5,7-8,10-12H,6,9H2,1H3,(H,22,25). The molecule has 1 aromatic heterocycles. The van der Waals surface area contributed by atoms with Crippen molar-refractivity contribution in [1.82, 2.24) is 4.98 Å². The predicted molar refractivity (Wildman–Crippen MR) is 97.9 cm³/mol. The first-order valence-corrected chi connectivity index (χ1v) is 8.17. The molecule has 1 aliphatic rings. The van der Waals surface area contributed by atoms with Crippen LogP contribution in [0.5, 0.6) is 0 Å². The zero-order chi connectivity index (χ0) is 17.4. The van der Waals surface area contributed by atoms with Gasteiger partial charge in [0, 0.05) is 42.6 Å². The summed E-state index contributed by atoms with van der Waals surface area (Å²) in [6, 6.07) is 13.3. The number of aromatic nitrogens is 1. The van der Waals surface area contributed by atoms with Crippen molar-refractivity contribution in [3.8, 4) is 0 Å². The Bertz CT molecular complexity index is 992. The molecule has 3 aromatic rings. The van der Waals surface area contributed by atoms with Crippen LogP contribution in [0.3, 0.4) is 0 Å². The predicted octanol–water partition coefficient (Wildman–Crippen LogP) is 3.40. The zero-order valence-electron chi connectivity index (χ0n) is 13.8. The van der Waals surface area contributed by atoms with Gasteiger partial charge in [0.25, 0.3) is 5.91 Å². The van der Waals surface area contributed by atoms with E-state index in [1.54, 1.807) is 24.3 Å². The number of anilines is 2. The van der Waals surface area contributed by atoms with Crippen LogP contribution in [0.1, 0.15) is 22.3 Å². The quantitative estimate of drug-likeness (QED) is 0.783. The van der Waals surface area contributed by atoms with Crippen LogP contribution in [0.15, 0.2) is 54.9 Å². The van der Waals surface area contributed by atoms with Gasteiger partial charge in [0.1, 0.15) is 0 Å². The molecule has 124 valence electrons. The first-order valence-electron chi connectivity index (χ1n) is 8.17. The number of aryl methyl sites for hydroxylation is 1. The number of amides is 2. The molecule has 2 amide bonds. The van der Waals surface area contributed by atoms with E-state index in [4.69, 9.17) is 0 Å². The Balaban J connectivity index is 1.64. The monoisotopic (exact) mass is 331 g/mol. The van der Waals surface area contributed by atoms with Crippen LogP contribution in [-0.2, 0) is 11.2 Å². The molecule has 1 aliphatic heterocycles. The van der Waals surface area contributed by atoms with Crippen LogP contribution in [0.4, 0.5) is 11.4 Å². The molecule has 0 atom stereocenters. The van der Waals surface area contributed by atoms with E-state index in [9.17, 15) is 9.59 Å². The Labute approximate surface area is 145 Å². The molecular formula is C20H17N3O2. The van der Waals surface area contributed by atoms with E-state index < -0.39 is 0 Å². The minimum absolute atomic E-state index is 0.117. The molecule has 5 heteroatoms. The number of benzene rings is 2. The second kappa shape index (κ2) is 6.02. The lowest BCUT2D eigenvalue weighted by Crippen LogP contribution is -2.31. The Hall–Kier alpha value is -3.21. The number of rotatable bonds is 2. The van der Waals surface area contributed by atoms with Gasteiger partial charge < -0.3 is 10.2 Å². The largest absolute Gasteiger partial charge is 0.322 e. The number of hydrogen-bond acceptors (Lipinski definition) is 3. The third kappa shape index (κ3) is 2.74. The van der Waals surface area contributed by atoms with E-state index in [0.29, 0.717) is 18.4 Å². The van der Waals surface area contributed by atoms with Gasteiger partial charge in [0.15, 0.2) is 0 Å². The van der Waals surface area contributed by atoms with Gasteiger partial charge in [-0.1, -0.05) is 24.3 Å². The summed E-state index contributed by atoms with van der Waals surface area (Å²) in [5, 5.41) is 4.75. The molecule has 4 rings (SSSR count). The van der Waals surface area contributed by atoms with Crippen LogP contribution in [0, 0.1) is 0 Å². The van der Waals surface area contributed by atoms with E-state index in [0.717, 1.165) is 27.7 Å². The van der Waals surface area contributed by atoms with Crippen molar-refractivity contribution in [1.29, 1.82) is 0 Å². The minimum Gasteiger partial charge on any atom is -0.322 e. The van der Waals surface area contributed by atoms with Gasteiger partial charge >= 0.3 is 0 Å². The smallest absolute Gasteiger partial charge is 0.257 e. The Kier molecular flexibility index (Phi) is 3.69. The maximum atomic E-state index is 12.7. The second-order valence-corrected chi connectivity index (χ2v) is 6.16. The third-order valence-electron chi connectivity index (χ3n) is 4.59. The van der Waals surface area contributed by atoms with E-state index in [-0.39, 0.29) is 11.8 Å². The van der Waals surface area contributed by atoms with Gasteiger partial charge in [0.05, 0.1) is 5.56 Å². The fraction of sp³-hybridized carbons (Fsp3) is 0.150. The summed E-state index contributed by atoms with van der Waals surface area (Å²) in [6.45, 7) is 0. The van der Waals surface area contributed by atoms with Crippen LogP contribution in [0.25, 0.3) is 10.8 Å². The number of hydrogen-bond donors (Lipinski definition) is 1. The zero-order valence-corrected chi connectivity index (χ0v) is 13.8. The molecule has 0 bridgehead atoms. The lowest BCUT2D eigenvalue weighted by atomic mass is 10.0. The highest BCUT2D eigenvalue weighted by Crippen LogP contribution is 2.29. The molecular weight excluding hydrogens is 314 g/mol. The van der Waals surface area contributed by atoms with E-state index >= 15 is 0 Å². The molecule has 1 N–H and O–H groups in total. The lowest BCUT2D eigenvalue weighted by Gasteiger charge is -2.26. The number of fused-ring (bicyclic) bond motifs is 2. The SMILES string of the molecule is CN1C(=O)CCc2cc(NC(=O)c3cncc4ccccc34)ccc21. The summed E-state index contributed by atoms with van der Waals surface area (Å²) in [4.78, 5) is 30.3. The van der Waals surface area contributed by atoms with Gasteiger partial charge in [-0.3, -0.25) is 14.6 Å². The summed E-state index contributed by atoms with van der Waals surface area (Å²) in [6.07, 6.45) is 4.52. The van der Waals surface area contributed by atoms with E-state index in [2.05, 4.69) is 10.3 Å². The van der Waals surface area contributed by atoms with Crippen molar-refractivity contribution in [2.24, 2.45) is 0 Å². The Morgan fingerprint density at radius 1 is 1.12 bits per heavy atom. The molecule has 5 nitrogen and oxygen atoms in total. The normalized spacial score (nSPS) is 13.6. The average molecular weight is 331 g/mol. The average Bonchev–Trinajstić information content (AvgIpc) is 2.64. The fourth-order valence-corrected chi connectivity index (χ4v) is 3.23. The molecule has 0 saturated heterocycles. The molecule has 0 radical (unpaired) electrons. The maximum Gasteiger partial charge on any atom is 0.257 e. The summed E-state index contributed by atoms with van der Waals surface area (Å²) in [5.41, 5.74) is 3.24. The number of carbonyl (C=O) groups excluding carboxylic acids is 2. The van der Waals surface area contributed by atoms with Gasteiger partial charge in [-0.25, -0.2) is 0 Å². The number of nitrogens with one attached hydrogen (secondary N) is 1. The van der Waals surface area contributed by atoms with Crippen molar-refractivity contribution in [2.45, 2.75) is 12.8 Å². The minimum atomic E-state index is -0.190. The van der Waals surface area contributed by atoms with Gasteiger partial charge in [-0.05, 0) is 35.6 Å². The fourth-order valence-electron chi connectivity index (χ4n) is 3.23. The highest BCUT2D eigenvalue weighted by molar-refractivity contribution is 6.12. The highest BCUT2D eigenvalue weighted by Gasteiger charge is 2.21. The second-order valence-electron chi connectivity index (χ2n) is 6.16. The Morgan fingerprint density at radius 3 is 2.84 bits per heavy atom. The number of carbonyl (C=O) groups is 2. The van der Waals surface area contributed by atoms with Crippen molar-refractivity contribution in [3.63, 3.8) is 0 Å². The lowest BCUT2D eigenvalue weighted by molar-refractivity contribution is -0.118. The molecule has 0 spiro atoms. The van der Waals surface area contributed by atoms with Gasteiger partial charge in [0.2, 0.25) is 5.91 Å². The molecule has 0 fully saturated rings. The third-order valence-corrected chi connectivity index (χ3v) is 4.59. The van der Waals surface area contributed by atoms with Crippen molar-refractivity contribution >= 4 is 34.0 Å². The first-order chi connectivity index (χ1) is 12.1. The Morgan fingerprint density at radius 2 is 1.96 bits per heavy atom. The summed E-state index contributed by atoms with van der Waals surface area (Å²) < 4.78 is 0. The summed E-state index contributed by atoms with van der Waals surface area (Å²) in [5.74, 6) is -0.0735. The van der Waals surface area contributed by atoms with E-state index in [1.165, 1.54) is 0 Å². The summed E-state index contributed by atoms with van der Waals surface area (Å²) >= 11 is 0. The maximum absolute atomic E-state index is 12.7. The van der Waals surface area contributed by atoms with Crippen molar-refractivity contribution in [2.75, 3.05) is 17.3 Å². The number of nitrogens with zero attached hydrogens (tertiary/aromatic N) is 2. The first kappa shape index (κ1) is 15.3. The van der Waals surface area contributed by atoms with Gasteiger partial charge in [-0.2, -0.15) is 0 Å².